The first kappa shape index (κ1) is 12.8. The molecule has 0 radical (unpaired) electrons. The van der Waals surface area contributed by atoms with Gasteiger partial charge in [0, 0.05) is 12.5 Å². The summed E-state index contributed by atoms with van der Waals surface area (Å²) in [4.78, 5) is 13.1. The second-order valence-electron chi connectivity index (χ2n) is 4.86. The minimum atomic E-state index is -0.237. The number of hydrogen-bond donors (Lipinski definition) is 1. The van der Waals surface area contributed by atoms with Crippen molar-refractivity contribution < 1.29 is 14.4 Å². The van der Waals surface area contributed by atoms with E-state index in [-0.39, 0.29) is 12.1 Å². The van der Waals surface area contributed by atoms with Crippen molar-refractivity contribution in [2.75, 3.05) is 20.1 Å². The SMILES string of the molecule is C[NH+]1CCC[C@H](OC(=O)/C=C/c2ccccc2)C1. The van der Waals surface area contributed by atoms with E-state index in [1.165, 1.54) is 17.5 Å². The molecule has 3 heteroatoms. The zero-order valence-electron chi connectivity index (χ0n) is 10.8. The van der Waals surface area contributed by atoms with Crippen molar-refractivity contribution in [2.24, 2.45) is 0 Å². The minimum absolute atomic E-state index is 0.0756. The summed E-state index contributed by atoms with van der Waals surface area (Å²) >= 11 is 0. The zero-order valence-corrected chi connectivity index (χ0v) is 10.8. The van der Waals surface area contributed by atoms with Gasteiger partial charge in [0.2, 0.25) is 0 Å². The Balaban J connectivity index is 1.83. The molecular weight excluding hydrogens is 226 g/mol. The van der Waals surface area contributed by atoms with E-state index in [1.54, 1.807) is 6.08 Å². The van der Waals surface area contributed by atoms with Gasteiger partial charge in [0.05, 0.1) is 13.6 Å². The second-order valence-corrected chi connectivity index (χ2v) is 4.86. The molecule has 1 N–H and O–H groups in total. The third-order valence-electron chi connectivity index (χ3n) is 3.20. The summed E-state index contributed by atoms with van der Waals surface area (Å²) in [6, 6.07) is 9.77. The van der Waals surface area contributed by atoms with Gasteiger partial charge in [-0.1, -0.05) is 30.3 Å². The van der Waals surface area contributed by atoms with E-state index in [9.17, 15) is 4.79 Å². The normalized spacial score (nSPS) is 24.1. The van der Waals surface area contributed by atoms with Crippen LogP contribution in [0.25, 0.3) is 6.08 Å². The molecule has 1 saturated heterocycles. The number of esters is 1. The molecule has 1 aromatic rings. The monoisotopic (exact) mass is 246 g/mol. The fourth-order valence-corrected chi connectivity index (χ4v) is 2.26. The molecule has 0 spiro atoms. The van der Waals surface area contributed by atoms with Crippen molar-refractivity contribution in [3.8, 4) is 0 Å². The maximum atomic E-state index is 11.7. The lowest BCUT2D eigenvalue weighted by Gasteiger charge is -2.26. The van der Waals surface area contributed by atoms with Gasteiger partial charge in [-0.3, -0.25) is 0 Å². The minimum Gasteiger partial charge on any atom is -0.453 e. The summed E-state index contributed by atoms with van der Waals surface area (Å²) in [5.74, 6) is -0.237. The van der Waals surface area contributed by atoms with Gasteiger partial charge in [0.25, 0.3) is 0 Å². The number of piperidine rings is 1. The molecule has 2 atom stereocenters. The molecule has 18 heavy (non-hydrogen) atoms. The molecule has 1 fully saturated rings. The molecule has 1 aliphatic heterocycles. The molecule has 0 aliphatic carbocycles. The number of rotatable bonds is 3. The lowest BCUT2D eigenvalue weighted by atomic mass is 10.1. The average molecular weight is 246 g/mol. The Hall–Kier alpha value is -1.61. The third-order valence-corrected chi connectivity index (χ3v) is 3.20. The van der Waals surface area contributed by atoms with Gasteiger partial charge in [-0.2, -0.15) is 0 Å². The summed E-state index contributed by atoms with van der Waals surface area (Å²) in [7, 11) is 2.14. The van der Waals surface area contributed by atoms with Crippen LogP contribution in [0.3, 0.4) is 0 Å². The van der Waals surface area contributed by atoms with Crippen LogP contribution >= 0.6 is 0 Å². The third kappa shape index (κ3) is 4.00. The van der Waals surface area contributed by atoms with Crippen LogP contribution in [0.15, 0.2) is 36.4 Å². The number of benzene rings is 1. The molecule has 1 aliphatic rings. The molecule has 96 valence electrons. The van der Waals surface area contributed by atoms with E-state index in [2.05, 4.69) is 7.05 Å². The van der Waals surface area contributed by atoms with Crippen molar-refractivity contribution in [3.63, 3.8) is 0 Å². The van der Waals surface area contributed by atoms with E-state index in [1.807, 2.05) is 30.3 Å². The van der Waals surface area contributed by atoms with Crippen molar-refractivity contribution in [1.29, 1.82) is 0 Å². The Kier molecular flexibility index (Phi) is 4.53. The quantitative estimate of drug-likeness (QED) is 0.635. The average Bonchev–Trinajstić information content (AvgIpc) is 2.38. The summed E-state index contributed by atoms with van der Waals surface area (Å²) < 4.78 is 5.44. The number of carbonyl (C=O) groups is 1. The van der Waals surface area contributed by atoms with Crippen molar-refractivity contribution in [2.45, 2.75) is 18.9 Å². The number of carbonyl (C=O) groups excluding carboxylic acids is 1. The topological polar surface area (TPSA) is 30.7 Å². The molecule has 1 aromatic carbocycles. The molecular formula is C15H20NO2+. The van der Waals surface area contributed by atoms with Crippen LogP contribution in [0.4, 0.5) is 0 Å². The van der Waals surface area contributed by atoms with Gasteiger partial charge < -0.3 is 9.64 Å². The molecule has 1 heterocycles. The van der Waals surface area contributed by atoms with Crippen molar-refractivity contribution in [1.82, 2.24) is 0 Å². The van der Waals surface area contributed by atoms with Crippen LogP contribution in [0.2, 0.25) is 0 Å². The molecule has 2 rings (SSSR count). The van der Waals surface area contributed by atoms with Gasteiger partial charge in [-0.25, -0.2) is 4.79 Å². The van der Waals surface area contributed by atoms with Crippen LogP contribution in [-0.2, 0) is 9.53 Å². The molecule has 3 nitrogen and oxygen atoms in total. The smallest absolute Gasteiger partial charge is 0.331 e. The lowest BCUT2D eigenvalue weighted by molar-refractivity contribution is -0.888. The standard InChI is InChI=1S/C15H19NO2/c1-16-11-5-8-14(12-16)18-15(17)10-9-13-6-3-2-4-7-13/h2-4,6-7,9-10,14H,5,8,11-12H2,1H3/p+1/b10-9+/t14-/m0/s1. The van der Waals surface area contributed by atoms with E-state index in [0.29, 0.717) is 0 Å². The first-order chi connectivity index (χ1) is 8.74. The fraction of sp³-hybridized carbons (Fsp3) is 0.400. The van der Waals surface area contributed by atoms with Crippen LogP contribution in [0.1, 0.15) is 18.4 Å². The van der Waals surface area contributed by atoms with Crippen LogP contribution in [0.5, 0.6) is 0 Å². The Bertz CT molecular complexity index is 414. The fourth-order valence-electron chi connectivity index (χ4n) is 2.26. The predicted octanol–water partition coefficient (Wildman–Crippen LogP) is 0.920. The maximum Gasteiger partial charge on any atom is 0.331 e. The summed E-state index contributed by atoms with van der Waals surface area (Å²) in [5.41, 5.74) is 1.01. The second kappa shape index (κ2) is 6.36. The largest absolute Gasteiger partial charge is 0.453 e. The Morgan fingerprint density at radius 2 is 2.17 bits per heavy atom. The van der Waals surface area contributed by atoms with Crippen molar-refractivity contribution >= 4 is 12.0 Å². The summed E-state index contributed by atoms with van der Waals surface area (Å²) in [6.45, 7) is 2.10. The highest BCUT2D eigenvalue weighted by molar-refractivity contribution is 5.87. The number of quaternary nitrogens is 1. The summed E-state index contributed by atoms with van der Waals surface area (Å²) in [5, 5.41) is 0. The number of likely N-dealkylation sites (tertiary alicyclic amines) is 1. The number of hydrogen-bond acceptors (Lipinski definition) is 2. The van der Waals surface area contributed by atoms with Gasteiger partial charge in [0.1, 0.15) is 6.54 Å². The van der Waals surface area contributed by atoms with Gasteiger partial charge in [-0.15, -0.1) is 0 Å². The highest BCUT2D eigenvalue weighted by Crippen LogP contribution is 2.05. The number of ether oxygens (including phenoxy) is 1. The Morgan fingerprint density at radius 1 is 1.39 bits per heavy atom. The molecule has 1 unspecified atom stereocenters. The van der Waals surface area contributed by atoms with Gasteiger partial charge in [0.15, 0.2) is 6.10 Å². The van der Waals surface area contributed by atoms with E-state index in [4.69, 9.17) is 4.74 Å². The van der Waals surface area contributed by atoms with Gasteiger partial charge >= 0.3 is 5.97 Å². The van der Waals surface area contributed by atoms with E-state index < -0.39 is 0 Å². The number of nitrogens with one attached hydrogen (secondary N) is 1. The highest BCUT2D eigenvalue weighted by Gasteiger charge is 2.22. The zero-order chi connectivity index (χ0) is 12.8. The lowest BCUT2D eigenvalue weighted by Crippen LogP contribution is -3.11. The van der Waals surface area contributed by atoms with Crippen molar-refractivity contribution in [3.05, 3.63) is 42.0 Å². The molecule has 0 bridgehead atoms. The maximum absolute atomic E-state index is 11.7. The predicted molar refractivity (Wildman–Crippen MR) is 71.2 cm³/mol. The number of likely N-dealkylation sites (N-methyl/N-ethyl adjacent to an activating group) is 1. The first-order valence-electron chi connectivity index (χ1n) is 6.49. The van der Waals surface area contributed by atoms with E-state index in [0.717, 1.165) is 24.9 Å². The summed E-state index contributed by atoms with van der Waals surface area (Å²) in [6.07, 6.45) is 5.50. The van der Waals surface area contributed by atoms with E-state index >= 15 is 0 Å². The first-order valence-corrected chi connectivity index (χ1v) is 6.49. The molecule has 0 amide bonds. The molecule has 0 aromatic heterocycles. The van der Waals surface area contributed by atoms with Gasteiger partial charge in [-0.05, 0) is 18.1 Å². The Morgan fingerprint density at radius 3 is 2.89 bits per heavy atom. The van der Waals surface area contributed by atoms with Crippen LogP contribution in [0, 0.1) is 0 Å². The molecule has 0 saturated carbocycles. The van der Waals surface area contributed by atoms with Crippen LogP contribution in [-0.4, -0.2) is 32.2 Å². The van der Waals surface area contributed by atoms with Crippen LogP contribution < -0.4 is 4.90 Å². The Labute approximate surface area is 108 Å². The highest BCUT2D eigenvalue weighted by atomic mass is 16.5.